The molecule has 0 aromatic heterocycles. The number of benzene rings is 2. The molecule has 2 aromatic carbocycles. The third-order valence-electron chi connectivity index (χ3n) is 3.30. The topological polar surface area (TPSA) is 86.3 Å². The fourth-order valence-corrected chi connectivity index (χ4v) is 3.24. The van der Waals surface area contributed by atoms with Gasteiger partial charge in [0, 0.05) is 5.56 Å². The first-order valence-electron chi connectivity index (χ1n) is 6.85. The van der Waals surface area contributed by atoms with E-state index in [1.807, 2.05) is 13.8 Å². The number of carbonyl (C=O) groups excluding carboxylic acids is 1. The Bertz CT molecular complexity index is 847. The highest BCUT2D eigenvalue weighted by molar-refractivity contribution is 7.92. The highest BCUT2D eigenvalue weighted by Crippen LogP contribution is 2.26. The van der Waals surface area contributed by atoms with Crippen LogP contribution in [-0.4, -0.2) is 14.4 Å². The molecule has 0 fully saturated rings. The van der Waals surface area contributed by atoms with E-state index in [0.717, 1.165) is 23.8 Å². The van der Waals surface area contributed by atoms with Crippen LogP contribution >= 0.6 is 0 Å². The van der Waals surface area contributed by atoms with E-state index in [0.29, 0.717) is 5.69 Å². The second-order valence-electron chi connectivity index (χ2n) is 5.28. The van der Waals surface area contributed by atoms with E-state index in [2.05, 4.69) is 4.72 Å². The minimum atomic E-state index is -4.05. The fraction of sp³-hybridized carbons (Fsp3) is 0.188. The van der Waals surface area contributed by atoms with Gasteiger partial charge in [0.2, 0.25) is 0 Å². The maximum atomic E-state index is 13.4. The zero-order valence-corrected chi connectivity index (χ0v) is 13.4. The van der Waals surface area contributed by atoms with E-state index in [-0.39, 0.29) is 10.8 Å². The van der Waals surface area contributed by atoms with Gasteiger partial charge >= 0.3 is 0 Å². The summed E-state index contributed by atoms with van der Waals surface area (Å²) in [6.07, 6.45) is 0. The number of nitrogens with one attached hydrogen (secondary N) is 1. The first-order chi connectivity index (χ1) is 10.7. The molecule has 0 heterocycles. The lowest BCUT2D eigenvalue weighted by atomic mass is 10.0. The third kappa shape index (κ3) is 3.68. The molecular weight excluding hydrogens is 321 g/mol. The van der Waals surface area contributed by atoms with Crippen molar-refractivity contribution in [3.63, 3.8) is 0 Å². The summed E-state index contributed by atoms with van der Waals surface area (Å²) in [6.45, 7) is 3.83. The van der Waals surface area contributed by atoms with E-state index < -0.39 is 27.4 Å². The van der Waals surface area contributed by atoms with E-state index >= 15 is 0 Å². The Balaban J connectivity index is 2.45. The van der Waals surface area contributed by atoms with Gasteiger partial charge in [-0.25, -0.2) is 12.8 Å². The van der Waals surface area contributed by atoms with Crippen molar-refractivity contribution in [1.29, 1.82) is 0 Å². The van der Waals surface area contributed by atoms with Crippen molar-refractivity contribution in [2.24, 2.45) is 0 Å². The molecular formula is C16H15FNO4S-. The molecule has 122 valence electrons. The first kappa shape index (κ1) is 17.0. The molecule has 0 spiro atoms. The SMILES string of the molecule is CC(C)c1ccccc1NS(=O)(=O)c1ccc(F)c(C(=O)[O-])c1. The van der Waals surface area contributed by atoms with Crippen LogP contribution in [0.15, 0.2) is 47.4 Å². The normalized spacial score (nSPS) is 11.5. The molecule has 0 saturated heterocycles. The van der Waals surface area contributed by atoms with Crippen LogP contribution in [0.3, 0.4) is 0 Å². The second kappa shape index (κ2) is 6.37. The van der Waals surface area contributed by atoms with Gasteiger partial charge in [-0.3, -0.25) is 4.72 Å². The van der Waals surface area contributed by atoms with Crippen molar-refractivity contribution in [2.45, 2.75) is 24.7 Å². The van der Waals surface area contributed by atoms with Crippen molar-refractivity contribution in [3.05, 3.63) is 59.4 Å². The molecule has 23 heavy (non-hydrogen) atoms. The van der Waals surface area contributed by atoms with Crippen molar-refractivity contribution in [1.82, 2.24) is 0 Å². The number of carboxylic acids is 1. The first-order valence-corrected chi connectivity index (χ1v) is 8.33. The molecule has 0 aliphatic heterocycles. The van der Waals surface area contributed by atoms with Crippen LogP contribution in [0.25, 0.3) is 0 Å². The van der Waals surface area contributed by atoms with Gasteiger partial charge in [0.05, 0.1) is 16.6 Å². The lowest BCUT2D eigenvalue weighted by Crippen LogP contribution is -2.24. The van der Waals surface area contributed by atoms with Crippen molar-refractivity contribution in [2.75, 3.05) is 4.72 Å². The lowest BCUT2D eigenvalue weighted by molar-refractivity contribution is -0.255. The van der Waals surface area contributed by atoms with Crippen LogP contribution < -0.4 is 9.83 Å². The fourth-order valence-electron chi connectivity index (χ4n) is 2.13. The number of anilines is 1. The minimum absolute atomic E-state index is 0.0842. The predicted octanol–water partition coefficient (Wildman–Crippen LogP) is 2.11. The van der Waals surface area contributed by atoms with Gasteiger partial charge in [0.25, 0.3) is 10.0 Å². The average Bonchev–Trinajstić information content (AvgIpc) is 2.47. The van der Waals surface area contributed by atoms with Gasteiger partial charge in [-0.15, -0.1) is 0 Å². The molecule has 0 saturated carbocycles. The van der Waals surface area contributed by atoms with Crippen molar-refractivity contribution >= 4 is 21.7 Å². The molecule has 5 nitrogen and oxygen atoms in total. The van der Waals surface area contributed by atoms with Gasteiger partial charge in [-0.2, -0.15) is 0 Å². The number of carboxylic acid groups (broad SMARTS) is 1. The number of hydrogen-bond donors (Lipinski definition) is 1. The van der Waals surface area contributed by atoms with E-state index in [1.165, 1.54) is 0 Å². The summed E-state index contributed by atoms with van der Waals surface area (Å²) in [5, 5.41) is 10.8. The number of hydrogen-bond acceptors (Lipinski definition) is 4. The van der Waals surface area contributed by atoms with Crippen LogP contribution in [-0.2, 0) is 10.0 Å². The number of carbonyl (C=O) groups is 1. The summed E-state index contributed by atoms with van der Waals surface area (Å²) in [5.74, 6) is -2.74. The lowest BCUT2D eigenvalue weighted by Gasteiger charge is -2.15. The Morgan fingerprint density at radius 2 is 1.83 bits per heavy atom. The summed E-state index contributed by atoms with van der Waals surface area (Å²) >= 11 is 0. The number of para-hydroxylation sites is 1. The molecule has 2 aromatic rings. The highest BCUT2D eigenvalue weighted by Gasteiger charge is 2.18. The average molecular weight is 336 g/mol. The van der Waals surface area contributed by atoms with Crippen LogP contribution in [0.4, 0.5) is 10.1 Å². The van der Waals surface area contributed by atoms with Crippen LogP contribution in [0.5, 0.6) is 0 Å². The Hall–Kier alpha value is -2.41. The standard InChI is InChI=1S/C16H16FNO4S/c1-10(2)12-5-3-4-6-15(12)18-23(21,22)11-7-8-14(17)13(9-11)16(19)20/h3-10,18H,1-2H3,(H,19,20)/p-1. The summed E-state index contributed by atoms with van der Waals surface area (Å²) in [5.41, 5.74) is 0.380. The Morgan fingerprint density at radius 1 is 1.17 bits per heavy atom. The van der Waals surface area contributed by atoms with Crippen LogP contribution in [0.1, 0.15) is 35.7 Å². The Kier molecular flexibility index (Phi) is 4.70. The van der Waals surface area contributed by atoms with Gasteiger partial charge < -0.3 is 9.90 Å². The molecule has 0 unspecified atom stereocenters. The van der Waals surface area contributed by atoms with Crippen LogP contribution in [0, 0.1) is 5.82 Å². The summed E-state index contributed by atoms with van der Waals surface area (Å²) in [7, 11) is -4.05. The largest absolute Gasteiger partial charge is 0.545 e. The molecule has 0 aliphatic rings. The molecule has 0 atom stereocenters. The zero-order valence-electron chi connectivity index (χ0n) is 12.5. The van der Waals surface area contributed by atoms with Crippen LogP contribution in [0.2, 0.25) is 0 Å². The summed E-state index contributed by atoms with van der Waals surface area (Å²) in [4.78, 5) is 10.5. The number of halogens is 1. The van der Waals surface area contributed by atoms with E-state index in [1.54, 1.807) is 24.3 Å². The van der Waals surface area contributed by atoms with Crippen molar-refractivity contribution in [3.8, 4) is 0 Å². The van der Waals surface area contributed by atoms with Gasteiger partial charge in [-0.1, -0.05) is 32.0 Å². The molecule has 7 heteroatoms. The molecule has 0 aliphatic carbocycles. The number of aromatic carboxylic acids is 1. The monoisotopic (exact) mass is 336 g/mol. The third-order valence-corrected chi connectivity index (χ3v) is 4.66. The second-order valence-corrected chi connectivity index (χ2v) is 6.96. The molecule has 0 bridgehead atoms. The van der Waals surface area contributed by atoms with Gasteiger partial charge in [0.15, 0.2) is 0 Å². The smallest absolute Gasteiger partial charge is 0.261 e. The van der Waals surface area contributed by atoms with Gasteiger partial charge in [0.1, 0.15) is 5.82 Å². The summed E-state index contributed by atoms with van der Waals surface area (Å²) < 4.78 is 40.6. The number of rotatable bonds is 5. The molecule has 0 radical (unpaired) electrons. The highest BCUT2D eigenvalue weighted by atomic mass is 32.2. The van der Waals surface area contributed by atoms with E-state index in [4.69, 9.17) is 0 Å². The Labute approximate surface area is 133 Å². The minimum Gasteiger partial charge on any atom is -0.545 e. The quantitative estimate of drug-likeness (QED) is 0.906. The Morgan fingerprint density at radius 3 is 2.43 bits per heavy atom. The van der Waals surface area contributed by atoms with E-state index in [9.17, 15) is 22.7 Å². The molecule has 2 rings (SSSR count). The predicted molar refractivity (Wildman–Crippen MR) is 82.1 cm³/mol. The molecule has 0 amide bonds. The van der Waals surface area contributed by atoms with Crippen molar-refractivity contribution < 1.29 is 22.7 Å². The maximum absolute atomic E-state index is 13.4. The summed E-state index contributed by atoms with van der Waals surface area (Å²) in [6, 6.07) is 9.40. The number of sulfonamides is 1. The zero-order chi connectivity index (χ0) is 17.2. The maximum Gasteiger partial charge on any atom is 0.261 e. The van der Waals surface area contributed by atoms with Gasteiger partial charge in [-0.05, 0) is 35.7 Å². The molecule has 1 N–H and O–H groups in total.